The molecule has 2 aliphatic rings. The lowest BCUT2D eigenvalue weighted by Gasteiger charge is -2.35. The third kappa shape index (κ3) is 4.82. The van der Waals surface area contributed by atoms with E-state index in [4.69, 9.17) is 4.74 Å². The topological polar surface area (TPSA) is 41.6 Å². The first-order valence-corrected chi connectivity index (χ1v) is 8.78. The van der Waals surface area contributed by atoms with Gasteiger partial charge in [-0.3, -0.25) is 4.79 Å². The molecule has 0 aromatic carbocycles. The van der Waals surface area contributed by atoms with E-state index < -0.39 is 0 Å². The Balaban J connectivity index is 1.70. The van der Waals surface area contributed by atoms with Crippen molar-refractivity contribution in [3.05, 3.63) is 11.6 Å². The standard InChI is InChI=1S/C18H32N2O2/c1-14-5-4-6-15(2)17(14)13-19-16-7-10-20(11-8-16)18(21)9-12-22-3/h5,15-17,19H,4,6-13H2,1-3H3/t15-,17+/m0/s1. The van der Waals surface area contributed by atoms with Crippen LogP contribution in [-0.2, 0) is 9.53 Å². The number of piperidine rings is 1. The van der Waals surface area contributed by atoms with Crippen molar-refractivity contribution in [3.63, 3.8) is 0 Å². The second-order valence-electron chi connectivity index (χ2n) is 6.92. The molecule has 0 radical (unpaired) electrons. The zero-order valence-corrected chi connectivity index (χ0v) is 14.4. The summed E-state index contributed by atoms with van der Waals surface area (Å²) < 4.78 is 4.99. The van der Waals surface area contributed by atoms with Crippen LogP contribution in [0.5, 0.6) is 0 Å². The number of methoxy groups -OCH3 is 1. The van der Waals surface area contributed by atoms with E-state index in [1.807, 2.05) is 4.90 Å². The van der Waals surface area contributed by atoms with E-state index in [-0.39, 0.29) is 5.91 Å². The van der Waals surface area contributed by atoms with Gasteiger partial charge in [0.2, 0.25) is 5.91 Å². The smallest absolute Gasteiger partial charge is 0.224 e. The van der Waals surface area contributed by atoms with Gasteiger partial charge in [-0.15, -0.1) is 0 Å². The summed E-state index contributed by atoms with van der Waals surface area (Å²) in [6.07, 6.45) is 7.62. The van der Waals surface area contributed by atoms with Crippen LogP contribution in [0.1, 0.15) is 46.0 Å². The first kappa shape index (κ1) is 17.5. The Morgan fingerprint density at radius 1 is 1.36 bits per heavy atom. The minimum Gasteiger partial charge on any atom is -0.384 e. The number of amides is 1. The highest BCUT2D eigenvalue weighted by Crippen LogP contribution is 2.29. The van der Waals surface area contributed by atoms with Crippen LogP contribution in [0.3, 0.4) is 0 Å². The maximum absolute atomic E-state index is 12.0. The van der Waals surface area contributed by atoms with Gasteiger partial charge >= 0.3 is 0 Å². The first-order chi connectivity index (χ1) is 10.6. The predicted molar refractivity (Wildman–Crippen MR) is 89.7 cm³/mol. The Morgan fingerprint density at radius 2 is 2.09 bits per heavy atom. The van der Waals surface area contributed by atoms with Gasteiger partial charge in [0.25, 0.3) is 0 Å². The van der Waals surface area contributed by atoms with E-state index >= 15 is 0 Å². The van der Waals surface area contributed by atoms with Crippen molar-refractivity contribution in [1.29, 1.82) is 0 Å². The van der Waals surface area contributed by atoms with Crippen molar-refractivity contribution in [3.8, 4) is 0 Å². The highest BCUT2D eigenvalue weighted by atomic mass is 16.5. The van der Waals surface area contributed by atoms with E-state index in [1.165, 1.54) is 12.8 Å². The van der Waals surface area contributed by atoms with Gasteiger partial charge < -0.3 is 15.0 Å². The number of rotatable bonds is 6. The molecule has 0 bridgehead atoms. The zero-order chi connectivity index (χ0) is 15.9. The van der Waals surface area contributed by atoms with Crippen LogP contribution < -0.4 is 5.32 Å². The fourth-order valence-corrected chi connectivity index (χ4v) is 3.71. The highest BCUT2D eigenvalue weighted by Gasteiger charge is 2.25. The second-order valence-corrected chi connectivity index (χ2v) is 6.92. The molecule has 1 amide bonds. The number of hydrogen-bond donors (Lipinski definition) is 1. The number of carbonyl (C=O) groups excluding carboxylic acids is 1. The van der Waals surface area contributed by atoms with Crippen LogP contribution in [0.15, 0.2) is 11.6 Å². The van der Waals surface area contributed by atoms with Gasteiger partial charge in [-0.25, -0.2) is 0 Å². The molecule has 0 aromatic heterocycles. The lowest BCUT2D eigenvalue weighted by atomic mass is 9.80. The lowest BCUT2D eigenvalue weighted by Crippen LogP contribution is -2.46. The van der Waals surface area contributed by atoms with Crippen LogP contribution in [0.2, 0.25) is 0 Å². The molecular formula is C18H32N2O2. The molecule has 22 heavy (non-hydrogen) atoms. The fourth-order valence-electron chi connectivity index (χ4n) is 3.71. The SMILES string of the molecule is COCCC(=O)N1CCC(NC[C@@H]2C(C)=CCC[C@@H]2C)CC1. The van der Waals surface area contributed by atoms with Gasteiger partial charge in [-0.1, -0.05) is 18.6 Å². The Bertz CT molecular complexity index is 387. The molecule has 0 saturated carbocycles. The Kier molecular flexibility index (Phi) is 6.90. The summed E-state index contributed by atoms with van der Waals surface area (Å²) in [5.74, 6) is 1.71. The van der Waals surface area contributed by atoms with Crippen LogP contribution in [-0.4, -0.2) is 50.2 Å². The molecule has 1 aliphatic carbocycles. The molecule has 2 rings (SSSR count). The molecule has 1 aliphatic heterocycles. The van der Waals surface area contributed by atoms with Crippen molar-refractivity contribution in [1.82, 2.24) is 10.2 Å². The number of ether oxygens (including phenoxy) is 1. The van der Waals surface area contributed by atoms with E-state index in [9.17, 15) is 4.79 Å². The monoisotopic (exact) mass is 308 g/mol. The summed E-state index contributed by atoms with van der Waals surface area (Å²) in [5, 5.41) is 3.75. The highest BCUT2D eigenvalue weighted by molar-refractivity contribution is 5.76. The molecular weight excluding hydrogens is 276 g/mol. The molecule has 1 N–H and O–H groups in total. The summed E-state index contributed by atoms with van der Waals surface area (Å²) in [6.45, 7) is 8.04. The molecule has 126 valence electrons. The molecule has 2 atom stereocenters. The maximum atomic E-state index is 12.0. The van der Waals surface area contributed by atoms with Crippen molar-refractivity contribution in [2.24, 2.45) is 11.8 Å². The first-order valence-electron chi connectivity index (χ1n) is 8.78. The molecule has 0 aromatic rings. The Hall–Kier alpha value is -0.870. The summed E-state index contributed by atoms with van der Waals surface area (Å²) in [5.41, 5.74) is 1.55. The average Bonchev–Trinajstić information content (AvgIpc) is 2.52. The predicted octanol–water partition coefficient (Wildman–Crippen LogP) is 2.60. The zero-order valence-electron chi connectivity index (χ0n) is 14.4. The van der Waals surface area contributed by atoms with Gasteiger partial charge in [0.1, 0.15) is 0 Å². The quantitative estimate of drug-likeness (QED) is 0.767. The number of carbonyl (C=O) groups is 1. The summed E-state index contributed by atoms with van der Waals surface area (Å²) >= 11 is 0. The van der Waals surface area contributed by atoms with E-state index in [0.29, 0.717) is 25.0 Å². The van der Waals surface area contributed by atoms with Crippen LogP contribution in [0, 0.1) is 11.8 Å². The average molecular weight is 308 g/mol. The Morgan fingerprint density at radius 3 is 2.73 bits per heavy atom. The number of likely N-dealkylation sites (tertiary alicyclic amines) is 1. The van der Waals surface area contributed by atoms with Gasteiger partial charge in [-0.05, 0) is 44.4 Å². The van der Waals surface area contributed by atoms with Crippen molar-refractivity contribution in [2.75, 3.05) is 33.4 Å². The molecule has 1 heterocycles. The summed E-state index contributed by atoms with van der Waals surface area (Å²) in [6, 6.07) is 0.563. The maximum Gasteiger partial charge on any atom is 0.224 e. The van der Waals surface area contributed by atoms with E-state index in [0.717, 1.165) is 38.4 Å². The van der Waals surface area contributed by atoms with Crippen molar-refractivity contribution < 1.29 is 9.53 Å². The number of allylic oxidation sites excluding steroid dienone is 1. The van der Waals surface area contributed by atoms with Crippen LogP contribution in [0.4, 0.5) is 0 Å². The second kappa shape index (κ2) is 8.68. The Labute approximate surface area is 135 Å². The third-order valence-corrected chi connectivity index (χ3v) is 5.35. The normalized spacial score (nSPS) is 26.9. The van der Waals surface area contributed by atoms with E-state index in [1.54, 1.807) is 12.7 Å². The minimum absolute atomic E-state index is 0.236. The molecule has 1 fully saturated rings. The fraction of sp³-hybridized carbons (Fsp3) is 0.833. The van der Waals surface area contributed by atoms with Crippen LogP contribution >= 0.6 is 0 Å². The number of nitrogens with one attached hydrogen (secondary N) is 1. The summed E-state index contributed by atoms with van der Waals surface area (Å²) in [4.78, 5) is 14.0. The number of hydrogen-bond acceptors (Lipinski definition) is 3. The minimum atomic E-state index is 0.236. The van der Waals surface area contributed by atoms with E-state index in [2.05, 4.69) is 25.2 Å². The van der Waals surface area contributed by atoms with Gasteiger partial charge in [0.05, 0.1) is 13.0 Å². The molecule has 4 heteroatoms. The van der Waals surface area contributed by atoms with Gasteiger partial charge in [0, 0.05) is 32.8 Å². The van der Waals surface area contributed by atoms with Crippen LogP contribution in [0.25, 0.3) is 0 Å². The molecule has 0 spiro atoms. The largest absolute Gasteiger partial charge is 0.384 e. The third-order valence-electron chi connectivity index (χ3n) is 5.35. The van der Waals surface area contributed by atoms with Crippen molar-refractivity contribution in [2.45, 2.75) is 52.0 Å². The molecule has 0 unspecified atom stereocenters. The summed E-state index contributed by atoms with van der Waals surface area (Å²) in [7, 11) is 1.64. The van der Waals surface area contributed by atoms with Crippen molar-refractivity contribution >= 4 is 5.91 Å². The number of nitrogens with zero attached hydrogens (tertiary/aromatic N) is 1. The van der Waals surface area contributed by atoms with Gasteiger partial charge in [0.15, 0.2) is 0 Å². The lowest BCUT2D eigenvalue weighted by molar-refractivity contribution is -0.133. The molecule has 1 saturated heterocycles. The molecule has 4 nitrogen and oxygen atoms in total. The van der Waals surface area contributed by atoms with Gasteiger partial charge in [-0.2, -0.15) is 0 Å².